The van der Waals surface area contributed by atoms with E-state index >= 15 is 0 Å². The van der Waals surface area contributed by atoms with Gasteiger partial charge < -0.3 is 64.2 Å². The van der Waals surface area contributed by atoms with Crippen molar-refractivity contribution in [2.75, 3.05) is 33.0 Å². The topological polar surface area (TPSA) is 214 Å². The molecule has 2 aliphatic heterocycles. The smallest absolute Gasteiger partial charge is 0.306 e. The molecule has 14 heteroatoms. The number of allylic oxidation sites excluding steroid dienone is 12. The van der Waals surface area contributed by atoms with Crippen LogP contribution < -0.4 is 0 Å². The first kappa shape index (κ1) is 51.6. The van der Waals surface area contributed by atoms with E-state index in [4.69, 9.17) is 28.4 Å². The summed E-state index contributed by atoms with van der Waals surface area (Å²) in [6, 6.07) is 0. The Kier molecular flexibility index (Phi) is 28.7. The van der Waals surface area contributed by atoms with Crippen LogP contribution in [-0.4, -0.2) is 142 Å². The second-order valence-corrected chi connectivity index (χ2v) is 14.4. The van der Waals surface area contributed by atoms with Crippen LogP contribution in [0.5, 0.6) is 0 Å². The molecule has 2 heterocycles. The van der Waals surface area contributed by atoms with Crippen LogP contribution in [0.4, 0.5) is 0 Å². The Morgan fingerprint density at radius 3 is 1.66 bits per heavy atom. The molecule has 2 fully saturated rings. The van der Waals surface area contributed by atoms with Crippen molar-refractivity contribution in [3.63, 3.8) is 0 Å². The molecule has 2 rings (SSSR count). The van der Waals surface area contributed by atoms with Crippen LogP contribution >= 0.6 is 0 Å². The molecular formula is C44H72O14. The molecule has 0 aromatic heterocycles. The van der Waals surface area contributed by atoms with E-state index in [-0.39, 0.29) is 19.6 Å². The van der Waals surface area contributed by atoms with E-state index in [9.17, 15) is 40.5 Å². The first-order chi connectivity index (χ1) is 28.1. The Bertz CT molecular complexity index is 1230. The molecule has 14 nitrogen and oxygen atoms in total. The number of carbonyl (C=O) groups is 1. The molecule has 58 heavy (non-hydrogen) atoms. The van der Waals surface area contributed by atoms with Crippen molar-refractivity contribution in [2.45, 2.75) is 165 Å². The molecule has 332 valence electrons. The highest BCUT2D eigenvalue weighted by Gasteiger charge is 2.47. The molecule has 0 bridgehead atoms. The van der Waals surface area contributed by atoms with Gasteiger partial charge >= 0.3 is 5.97 Å². The number of rotatable bonds is 30. The van der Waals surface area contributed by atoms with Crippen LogP contribution in [0.1, 0.15) is 97.3 Å². The molecule has 0 radical (unpaired) electrons. The molecule has 0 aliphatic carbocycles. The average molecular weight is 825 g/mol. The number of carbonyl (C=O) groups excluding carboxylic acids is 1. The largest absolute Gasteiger partial charge is 0.457 e. The van der Waals surface area contributed by atoms with Gasteiger partial charge in [-0.3, -0.25) is 4.79 Å². The van der Waals surface area contributed by atoms with Crippen molar-refractivity contribution >= 4 is 5.97 Å². The van der Waals surface area contributed by atoms with Crippen molar-refractivity contribution < 1.29 is 69.0 Å². The third-order valence-corrected chi connectivity index (χ3v) is 9.48. The summed E-state index contributed by atoms with van der Waals surface area (Å²) >= 11 is 0. The first-order valence-electron chi connectivity index (χ1n) is 21.0. The maximum atomic E-state index is 12.5. The van der Waals surface area contributed by atoms with Crippen molar-refractivity contribution in [3.8, 4) is 0 Å². The Labute approximate surface area is 345 Å². The normalized spacial score (nSPS) is 29.0. The quantitative estimate of drug-likeness (QED) is 0.0310. The SMILES string of the molecule is CC/C=C\C/C=C\C/C=C\C/C=C\C/C=C\C/C=C\CCCCCOCC(COC1OC(COC2OC(CO)C(O)C(O)C2O)C(O)C(O)C1O)OC(=O)CCCC. The lowest BCUT2D eigenvalue weighted by atomic mass is 9.98. The van der Waals surface area contributed by atoms with Gasteiger partial charge in [0.2, 0.25) is 0 Å². The van der Waals surface area contributed by atoms with Gasteiger partial charge in [0.25, 0.3) is 0 Å². The van der Waals surface area contributed by atoms with Gasteiger partial charge in [0, 0.05) is 13.0 Å². The minimum absolute atomic E-state index is 0.0304. The zero-order chi connectivity index (χ0) is 42.4. The van der Waals surface area contributed by atoms with E-state index in [0.29, 0.717) is 13.0 Å². The van der Waals surface area contributed by atoms with E-state index in [0.717, 1.165) is 70.6 Å². The summed E-state index contributed by atoms with van der Waals surface area (Å²) in [6.07, 6.45) is 21.2. The summed E-state index contributed by atoms with van der Waals surface area (Å²) in [5.74, 6) is -0.429. The van der Waals surface area contributed by atoms with Gasteiger partial charge in [-0.15, -0.1) is 0 Å². The number of hydrogen-bond donors (Lipinski definition) is 7. The number of ether oxygens (including phenoxy) is 6. The highest BCUT2D eigenvalue weighted by molar-refractivity contribution is 5.69. The zero-order valence-corrected chi connectivity index (χ0v) is 34.5. The third-order valence-electron chi connectivity index (χ3n) is 9.48. The molecule has 0 amide bonds. The van der Waals surface area contributed by atoms with Gasteiger partial charge in [-0.1, -0.05) is 99.6 Å². The maximum Gasteiger partial charge on any atom is 0.306 e. The summed E-state index contributed by atoms with van der Waals surface area (Å²) in [5, 5.41) is 71.3. The van der Waals surface area contributed by atoms with Crippen LogP contribution in [0.15, 0.2) is 72.9 Å². The second kappa shape index (κ2) is 32.2. The van der Waals surface area contributed by atoms with Crippen molar-refractivity contribution in [1.82, 2.24) is 0 Å². The first-order valence-corrected chi connectivity index (χ1v) is 21.0. The highest BCUT2D eigenvalue weighted by Crippen LogP contribution is 2.26. The maximum absolute atomic E-state index is 12.5. The Hall–Kier alpha value is -2.57. The lowest BCUT2D eigenvalue weighted by molar-refractivity contribution is -0.332. The fourth-order valence-electron chi connectivity index (χ4n) is 5.97. The van der Waals surface area contributed by atoms with Gasteiger partial charge in [0.05, 0.1) is 26.4 Å². The Morgan fingerprint density at radius 2 is 1.10 bits per heavy atom. The second-order valence-electron chi connectivity index (χ2n) is 14.4. The van der Waals surface area contributed by atoms with Crippen LogP contribution in [0, 0.1) is 0 Å². The zero-order valence-electron chi connectivity index (χ0n) is 34.5. The van der Waals surface area contributed by atoms with Crippen molar-refractivity contribution in [2.24, 2.45) is 0 Å². The summed E-state index contributed by atoms with van der Waals surface area (Å²) in [6.45, 7) is 3.17. The van der Waals surface area contributed by atoms with Gasteiger partial charge in [-0.25, -0.2) is 0 Å². The van der Waals surface area contributed by atoms with E-state index in [1.807, 2.05) is 6.92 Å². The Morgan fingerprint density at radius 1 is 0.586 bits per heavy atom. The van der Waals surface area contributed by atoms with Gasteiger partial charge in [0.15, 0.2) is 12.6 Å². The number of unbranched alkanes of at least 4 members (excludes halogenated alkanes) is 4. The Balaban J connectivity index is 1.68. The molecule has 0 aromatic carbocycles. The molecular weight excluding hydrogens is 752 g/mol. The van der Waals surface area contributed by atoms with Crippen LogP contribution in [-0.2, 0) is 33.2 Å². The number of hydrogen-bond acceptors (Lipinski definition) is 14. The van der Waals surface area contributed by atoms with Crippen LogP contribution in [0.2, 0.25) is 0 Å². The fourth-order valence-corrected chi connectivity index (χ4v) is 5.97. The molecule has 2 aliphatic rings. The van der Waals surface area contributed by atoms with E-state index < -0.39 is 86.7 Å². The number of aliphatic hydroxyl groups is 7. The fraction of sp³-hybridized carbons (Fsp3) is 0.705. The van der Waals surface area contributed by atoms with E-state index in [1.54, 1.807) is 0 Å². The van der Waals surface area contributed by atoms with E-state index in [1.165, 1.54) is 0 Å². The van der Waals surface area contributed by atoms with Crippen LogP contribution in [0.25, 0.3) is 0 Å². The summed E-state index contributed by atoms with van der Waals surface area (Å²) in [7, 11) is 0. The molecule has 7 N–H and O–H groups in total. The highest BCUT2D eigenvalue weighted by atomic mass is 16.7. The minimum atomic E-state index is -1.71. The summed E-state index contributed by atoms with van der Waals surface area (Å²) < 4.78 is 33.6. The van der Waals surface area contributed by atoms with Gasteiger partial charge in [-0.2, -0.15) is 0 Å². The predicted molar refractivity (Wildman–Crippen MR) is 219 cm³/mol. The van der Waals surface area contributed by atoms with Crippen LogP contribution in [0.3, 0.4) is 0 Å². The molecule has 2 saturated heterocycles. The average Bonchev–Trinajstić information content (AvgIpc) is 3.22. The summed E-state index contributed by atoms with van der Waals surface area (Å²) in [5.41, 5.74) is 0. The lowest BCUT2D eigenvalue weighted by Gasteiger charge is -2.42. The van der Waals surface area contributed by atoms with Crippen molar-refractivity contribution in [3.05, 3.63) is 72.9 Å². The lowest BCUT2D eigenvalue weighted by Crippen LogP contribution is -2.61. The molecule has 0 saturated carbocycles. The monoisotopic (exact) mass is 824 g/mol. The molecule has 11 unspecified atom stereocenters. The molecule has 0 aromatic rings. The minimum Gasteiger partial charge on any atom is -0.457 e. The number of aliphatic hydroxyl groups excluding tert-OH is 7. The van der Waals surface area contributed by atoms with Gasteiger partial charge in [0.1, 0.15) is 54.9 Å². The third kappa shape index (κ3) is 21.1. The molecule has 0 spiro atoms. The van der Waals surface area contributed by atoms with Crippen molar-refractivity contribution in [1.29, 1.82) is 0 Å². The predicted octanol–water partition coefficient (Wildman–Crippen LogP) is 4.00. The van der Waals surface area contributed by atoms with Gasteiger partial charge in [-0.05, 0) is 64.2 Å². The number of esters is 1. The summed E-state index contributed by atoms with van der Waals surface area (Å²) in [4.78, 5) is 12.5. The molecule has 11 atom stereocenters. The van der Waals surface area contributed by atoms with E-state index in [2.05, 4.69) is 79.8 Å². The standard InChI is InChI=1S/C44H72O14/c1-3-5-7-8-9-10-11-12-13-14-15-16-17-18-19-20-21-22-23-24-25-26-28-53-30-33(56-36(46)27-6-4-2)31-54-43-42(52)40(50)38(48)35(58-43)32-55-44-41(51)39(49)37(47)34(29-45)57-44/h5,7,9-10,12-13,15-16,18-19,21-22,33-35,37-45,47-52H,3-4,6,8,11,14,17,20,23-32H2,1-2H3/b7-5-,10-9-,13-12-,16-15-,19-18-,22-21-.